The van der Waals surface area contributed by atoms with Crippen molar-refractivity contribution in [2.45, 2.75) is 189 Å². The molecular formula is C43H87NO11. The highest BCUT2D eigenvalue weighted by molar-refractivity contribution is 5.72. The Morgan fingerprint density at radius 2 is 1.45 bits per heavy atom. The SMILES string of the molecule is C=C.CC.CCC(CC=O)[C@](C)(O)COC(=O)C(C)[C@@H](O[C@H]1C[C@H](C)CC(C)O1)[C@H](C)[C@@H](OC1CC(N(C)C)CC(C)O1)[C@@](C)(C[C@@H](C)CC)OC.CO.O. The average molecular weight is 794 g/mol. The van der Waals surface area contributed by atoms with E-state index in [9.17, 15) is 14.7 Å². The van der Waals surface area contributed by atoms with Crippen LogP contribution in [0.15, 0.2) is 13.2 Å². The van der Waals surface area contributed by atoms with E-state index in [1.807, 2.05) is 27.7 Å². The van der Waals surface area contributed by atoms with Crippen LogP contribution in [0.3, 0.4) is 0 Å². The molecule has 2 fully saturated rings. The third-order valence-electron chi connectivity index (χ3n) is 11.1. The zero-order valence-electron chi connectivity index (χ0n) is 37.9. The molecule has 4 N–H and O–H groups in total. The van der Waals surface area contributed by atoms with E-state index >= 15 is 0 Å². The standard InChI is InChI=1S/C38H71NO9.C2H6.C2H4.CH4O.H2O/c1-14-24(3)22-38(10,43-13)35(48-33-21-31(39(11)12)20-27(6)46-33)28(7)34(47-32-19-25(4)18-26(5)45-32)29(8)36(41)44-23-37(9,42)30(15-2)16-17-40;3*1-2;/h17,24-35,42H,14-16,18-23H2,1-13H3;1-2H3;1-2H2;2H,1H3;1H2/t24-,25+,26?,27?,28-,29?,30?,31?,32-,33?,34-,35+,37+,38+;;;;/m0..../s1. The van der Waals surface area contributed by atoms with Crippen LogP contribution < -0.4 is 0 Å². The highest BCUT2D eigenvalue weighted by Crippen LogP contribution is 2.39. The first kappa shape index (κ1) is 57.8. The number of rotatable bonds is 20. The van der Waals surface area contributed by atoms with E-state index in [2.05, 4.69) is 80.6 Å². The summed E-state index contributed by atoms with van der Waals surface area (Å²) in [4.78, 5) is 27.3. The van der Waals surface area contributed by atoms with Gasteiger partial charge in [-0.2, -0.15) is 0 Å². The zero-order valence-corrected chi connectivity index (χ0v) is 37.9. The van der Waals surface area contributed by atoms with Gasteiger partial charge in [0.05, 0.1) is 41.5 Å². The molecule has 0 amide bonds. The quantitative estimate of drug-likeness (QED) is 0.0740. The fourth-order valence-electron chi connectivity index (χ4n) is 7.79. The number of hydrogen-bond acceptors (Lipinski definition) is 11. The average Bonchev–Trinajstić information content (AvgIpc) is 3.15. The van der Waals surface area contributed by atoms with E-state index in [1.165, 1.54) is 0 Å². The number of esters is 1. The van der Waals surface area contributed by atoms with Gasteiger partial charge < -0.3 is 53.8 Å². The van der Waals surface area contributed by atoms with Gasteiger partial charge in [-0.1, -0.05) is 61.3 Å². The summed E-state index contributed by atoms with van der Waals surface area (Å²) in [6.45, 7) is 30.0. The van der Waals surface area contributed by atoms with Crippen molar-refractivity contribution in [3.05, 3.63) is 13.2 Å². The Labute approximate surface area is 336 Å². The molecule has 12 nitrogen and oxygen atoms in total. The Balaban J connectivity index is -0.00000367. The normalized spacial score (nSPS) is 27.8. The smallest absolute Gasteiger partial charge is 0.311 e. The van der Waals surface area contributed by atoms with Crippen molar-refractivity contribution in [3.8, 4) is 0 Å². The Morgan fingerprint density at radius 3 is 1.91 bits per heavy atom. The molecule has 2 rings (SSSR count). The number of aldehydes is 1. The minimum Gasteiger partial charge on any atom is -0.462 e. The number of aliphatic hydroxyl groups is 2. The summed E-state index contributed by atoms with van der Waals surface area (Å²) in [5.74, 6) is -1.13. The minimum atomic E-state index is -1.35. The molecule has 55 heavy (non-hydrogen) atoms. The molecule has 0 radical (unpaired) electrons. The number of carbonyl (C=O) groups excluding carboxylic acids is 2. The van der Waals surface area contributed by atoms with Gasteiger partial charge in [-0.05, 0) is 85.7 Å². The van der Waals surface area contributed by atoms with Crippen LogP contribution >= 0.6 is 0 Å². The van der Waals surface area contributed by atoms with Crippen LogP contribution in [0, 0.1) is 29.6 Å². The molecule has 14 atom stereocenters. The summed E-state index contributed by atoms with van der Waals surface area (Å²) < 4.78 is 38.7. The topological polar surface area (TPSA) is 165 Å². The lowest BCUT2D eigenvalue weighted by atomic mass is 9.77. The predicted octanol–water partition coefficient (Wildman–Crippen LogP) is 7.01. The van der Waals surface area contributed by atoms with E-state index in [-0.39, 0.29) is 42.5 Å². The van der Waals surface area contributed by atoms with Gasteiger partial charge in [-0.3, -0.25) is 4.79 Å². The van der Waals surface area contributed by atoms with Crippen molar-refractivity contribution in [2.75, 3.05) is 34.9 Å². The van der Waals surface area contributed by atoms with E-state index in [1.54, 1.807) is 14.0 Å². The van der Waals surface area contributed by atoms with Crippen LogP contribution in [0.25, 0.3) is 0 Å². The molecule has 0 saturated carbocycles. The highest BCUT2D eigenvalue weighted by Gasteiger charge is 2.48. The van der Waals surface area contributed by atoms with Gasteiger partial charge >= 0.3 is 5.97 Å². The summed E-state index contributed by atoms with van der Waals surface area (Å²) in [6.07, 6.45) is 4.49. The third kappa shape index (κ3) is 19.2. The van der Waals surface area contributed by atoms with Gasteiger partial charge in [0.15, 0.2) is 12.6 Å². The van der Waals surface area contributed by atoms with Gasteiger partial charge in [-0.25, -0.2) is 0 Å². The first-order valence-corrected chi connectivity index (χ1v) is 20.5. The minimum absolute atomic E-state index is 0. The van der Waals surface area contributed by atoms with E-state index < -0.39 is 47.9 Å². The first-order chi connectivity index (χ1) is 25.4. The van der Waals surface area contributed by atoms with Crippen LogP contribution in [0.2, 0.25) is 0 Å². The number of hydrogen-bond donors (Lipinski definition) is 2. The van der Waals surface area contributed by atoms with E-state index in [0.717, 1.165) is 39.1 Å². The molecule has 2 saturated heterocycles. The van der Waals surface area contributed by atoms with Crippen LogP contribution in [0.1, 0.15) is 134 Å². The van der Waals surface area contributed by atoms with Crippen LogP contribution in [-0.2, 0) is 38.0 Å². The Kier molecular flexibility index (Phi) is 31.2. The number of carbonyl (C=O) groups is 2. The number of nitrogens with zero attached hydrogens (tertiary/aromatic N) is 1. The molecular weight excluding hydrogens is 706 g/mol. The van der Waals surface area contributed by atoms with Gasteiger partial charge in [0.1, 0.15) is 12.9 Å². The summed E-state index contributed by atoms with van der Waals surface area (Å²) in [5.41, 5.74) is -2.07. The molecule has 2 heterocycles. The molecule has 0 aromatic rings. The van der Waals surface area contributed by atoms with Crippen molar-refractivity contribution in [1.29, 1.82) is 0 Å². The second-order valence-electron chi connectivity index (χ2n) is 15.9. The number of methoxy groups -OCH3 is 1. The van der Waals surface area contributed by atoms with Crippen molar-refractivity contribution in [1.82, 2.24) is 4.90 Å². The molecule has 0 aliphatic carbocycles. The van der Waals surface area contributed by atoms with Gasteiger partial charge in [0, 0.05) is 45.4 Å². The highest BCUT2D eigenvalue weighted by atomic mass is 16.7. The lowest BCUT2D eigenvalue weighted by molar-refractivity contribution is -0.286. The second kappa shape index (κ2) is 29.7. The van der Waals surface area contributed by atoms with Crippen LogP contribution in [-0.4, -0.2) is 122 Å². The Hall–Kier alpha value is -1.48. The maximum Gasteiger partial charge on any atom is 0.311 e. The fraction of sp³-hybridized carbons (Fsp3) is 0.907. The molecule has 2 aliphatic rings. The third-order valence-corrected chi connectivity index (χ3v) is 11.1. The maximum absolute atomic E-state index is 13.9. The van der Waals surface area contributed by atoms with Crippen LogP contribution in [0.4, 0.5) is 0 Å². The zero-order chi connectivity index (χ0) is 42.4. The van der Waals surface area contributed by atoms with Crippen molar-refractivity contribution < 1.29 is 53.7 Å². The van der Waals surface area contributed by atoms with E-state index in [4.69, 9.17) is 33.5 Å². The molecule has 0 spiro atoms. The molecule has 0 aromatic carbocycles. The molecule has 2 aliphatic heterocycles. The first-order valence-electron chi connectivity index (χ1n) is 20.5. The predicted molar refractivity (Wildman–Crippen MR) is 222 cm³/mol. The fourth-order valence-corrected chi connectivity index (χ4v) is 7.79. The van der Waals surface area contributed by atoms with Gasteiger partial charge in [0.25, 0.3) is 0 Å². The molecule has 0 aromatic heterocycles. The van der Waals surface area contributed by atoms with Gasteiger partial charge in [0.2, 0.25) is 0 Å². The molecule has 12 heteroatoms. The molecule has 330 valence electrons. The Morgan fingerprint density at radius 1 is 0.927 bits per heavy atom. The Bertz CT molecular complexity index is 974. The summed E-state index contributed by atoms with van der Waals surface area (Å²) in [7, 11) is 6.90. The summed E-state index contributed by atoms with van der Waals surface area (Å²) in [6, 6.07) is 0.302. The lowest BCUT2D eigenvalue weighted by Gasteiger charge is -2.47. The maximum atomic E-state index is 13.9. The van der Waals surface area contributed by atoms with E-state index in [0.29, 0.717) is 37.1 Å². The number of aliphatic hydroxyl groups excluding tert-OH is 1. The number of ether oxygens (including phenoxy) is 6. The molecule has 0 bridgehead atoms. The monoisotopic (exact) mass is 794 g/mol. The van der Waals surface area contributed by atoms with Crippen molar-refractivity contribution in [3.63, 3.8) is 0 Å². The largest absolute Gasteiger partial charge is 0.462 e. The summed E-state index contributed by atoms with van der Waals surface area (Å²) in [5, 5.41) is 18.2. The lowest BCUT2D eigenvalue weighted by Crippen LogP contribution is -2.56. The summed E-state index contributed by atoms with van der Waals surface area (Å²) >= 11 is 0. The van der Waals surface area contributed by atoms with Crippen molar-refractivity contribution >= 4 is 12.3 Å². The van der Waals surface area contributed by atoms with Crippen LogP contribution in [0.5, 0.6) is 0 Å². The molecule has 6 unspecified atom stereocenters. The van der Waals surface area contributed by atoms with Crippen molar-refractivity contribution in [2.24, 2.45) is 29.6 Å². The van der Waals surface area contributed by atoms with Gasteiger partial charge in [-0.15, -0.1) is 13.2 Å². The second-order valence-corrected chi connectivity index (χ2v) is 15.9.